The number of benzene rings is 1. The summed E-state index contributed by atoms with van der Waals surface area (Å²) in [4.78, 5) is 4.62. The Morgan fingerprint density at radius 2 is 1.75 bits per heavy atom. The zero-order chi connectivity index (χ0) is 14.8. The molecule has 0 aliphatic carbocycles. The van der Waals surface area contributed by atoms with Crippen LogP contribution in [0, 0.1) is 0 Å². The van der Waals surface area contributed by atoms with Gasteiger partial charge in [-0.15, -0.1) is 0 Å². The number of aliphatic hydroxyl groups is 1. The maximum atomic E-state index is 9.68. The van der Waals surface area contributed by atoms with Gasteiger partial charge < -0.3 is 15.7 Å². The monoisotopic (exact) mass is 277 g/mol. The number of guanidine groups is 1. The molecule has 0 spiro atoms. The number of hydrogen-bond acceptors (Lipinski definition) is 2. The maximum Gasteiger partial charge on any atom is 0.191 e. The first-order valence-corrected chi connectivity index (χ1v) is 7.42. The third kappa shape index (κ3) is 6.06. The van der Waals surface area contributed by atoms with Crippen molar-refractivity contribution in [3.63, 3.8) is 0 Å². The van der Waals surface area contributed by atoms with Crippen LogP contribution in [0.3, 0.4) is 0 Å². The predicted molar refractivity (Wildman–Crippen MR) is 85.1 cm³/mol. The van der Waals surface area contributed by atoms with Crippen molar-refractivity contribution in [1.82, 2.24) is 10.6 Å². The van der Waals surface area contributed by atoms with Crippen LogP contribution in [0.5, 0.6) is 0 Å². The molecule has 0 amide bonds. The van der Waals surface area contributed by atoms with Crippen molar-refractivity contribution < 1.29 is 5.11 Å². The van der Waals surface area contributed by atoms with Crippen LogP contribution in [0.2, 0.25) is 0 Å². The van der Waals surface area contributed by atoms with E-state index in [4.69, 9.17) is 0 Å². The Morgan fingerprint density at radius 3 is 2.25 bits per heavy atom. The van der Waals surface area contributed by atoms with Gasteiger partial charge in [0.05, 0.1) is 6.10 Å². The molecule has 4 nitrogen and oxygen atoms in total. The summed E-state index contributed by atoms with van der Waals surface area (Å²) in [5.41, 5.74) is 1.23. The van der Waals surface area contributed by atoms with Gasteiger partial charge in [-0.1, -0.05) is 30.3 Å². The summed E-state index contributed by atoms with van der Waals surface area (Å²) >= 11 is 0. The summed E-state index contributed by atoms with van der Waals surface area (Å²) in [6, 6.07) is 10.3. The van der Waals surface area contributed by atoms with Crippen molar-refractivity contribution in [2.45, 2.75) is 39.2 Å². The molecule has 0 aromatic heterocycles. The van der Waals surface area contributed by atoms with Crippen molar-refractivity contribution in [3.05, 3.63) is 35.9 Å². The van der Waals surface area contributed by atoms with Gasteiger partial charge in [-0.3, -0.25) is 4.99 Å². The molecule has 4 heteroatoms. The standard InChI is InChI=1S/C16H27N3O/c1-4-17-16(18-5-2)19-12-15(11-13(3)20)14-9-7-6-8-10-14/h6-10,13,15,20H,4-5,11-12H2,1-3H3,(H2,17,18,19). The molecule has 3 N–H and O–H groups in total. The van der Waals surface area contributed by atoms with E-state index < -0.39 is 0 Å². The van der Waals surface area contributed by atoms with Gasteiger partial charge in [-0.2, -0.15) is 0 Å². The number of nitrogens with one attached hydrogen (secondary N) is 2. The molecule has 1 rings (SSSR count). The zero-order valence-electron chi connectivity index (χ0n) is 12.8. The highest BCUT2D eigenvalue weighted by atomic mass is 16.3. The van der Waals surface area contributed by atoms with Crippen LogP contribution < -0.4 is 10.6 Å². The Balaban J connectivity index is 2.76. The van der Waals surface area contributed by atoms with Crippen molar-refractivity contribution in [1.29, 1.82) is 0 Å². The van der Waals surface area contributed by atoms with Gasteiger partial charge in [0.2, 0.25) is 0 Å². The summed E-state index contributed by atoms with van der Waals surface area (Å²) in [6.07, 6.45) is 0.399. The topological polar surface area (TPSA) is 56.7 Å². The molecule has 0 saturated heterocycles. The van der Waals surface area contributed by atoms with Gasteiger partial charge >= 0.3 is 0 Å². The largest absolute Gasteiger partial charge is 0.393 e. The average molecular weight is 277 g/mol. The van der Waals surface area contributed by atoms with Gasteiger partial charge in [0, 0.05) is 25.6 Å². The number of rotatable bonds is 7. The lowest BCUT2D eigenvalue weighted by Gasteiger charge is -2.18. The van der Waals surface area contributed by atoms with Crippen molar-refractivity contribution >= 4 is 5.96 Å². The molecule has 0 fully saturated rings. The van der Waals surface area contributed by atoms with E-state index >= 15 is 0 Å². The molecule has 20 heavy (non-hydrogen) atoms. The Morgan fingerprint density at radius 1 is 1.15 bits per heavy atom. The second-order valence-electron chi connectivity index (χ2n) is 4.94. The Hall–Kier alpha value is -1.55. The molecule has 1 aromatic rings. The van der Waals surface area contributed by atoms with E-state index in [0.29, 0.717) is 6.54 Å². The fourth-order valence-electron chi connectivity index (χ4n) is 2.16. The van der Waals surface area contributed by atoms with Gasteiger partial charge in [0.15, 0.2) is 5.96 Å². The predicted octanol–water partition coefficient (Wildman–Crippen LogP) is 2.12. The van der Waals surface area contributed by atoms with Crippen molar-refractivity contribution in [2.75, 3.05) is 19.6 Å². The number of hydrogen-bond donors (Lipinski definition) is 3. The first-order valence-electron chi connectivity index (χ1n) is 7.42. The zero-order valence-corrected chi connectivity index (χ0v) is 12.8. The molecule has 0 aliphatic heterocycles. The van der Waals surface area contributed by atoms with Crippen LogP contribution in [0.25, 0.3) is 0 Å². The Kier molecular flexibility index (Phi) is 7.73. The smallest absolute Gasteiger partial charge is 0.191 e. The minimum Gasteiger partial charge on any atom is -0.393 e. The summed E-state index contributed by atoms with van der Waals surface area (Å²) in [7, 11) is 0. The number of nitrogens with zero attached hydrogens (tertiary/aromatic N) is 1. The fourth-order valence-corrected chi connectivity index (χ4v) is 2.16. The molecule has 0 aliphatic rings. The van der Waals surface area contributed by atoms with Crippen molar-refractivity contribution in [2.24, 2.45) is 4.99 Å². The van der Waals surface area contributed by atoms with Gasteiger partial charge in [-0.25, -0.2) is 0 Å². The second kappa shape index (κ2) is 9.37. The van der Waals surface area contributed by atoms with Crippen LogP contribution in [-0.2, 0) is 0 Å². The first-order chi connectivity index (χ1) is 9.67. The van der Waals surface area contributed by atoms with Crippen LogP contribution in [0.4, 0.5) is 0 Å². The SMILES string of the molecule is CCNC(=NCC(CC(C)O)c1ccccc1)NCC. The third-order valence-corrected chi connectivity index (χ3v) is 3.05. The highest BCUT2D eigenvalue weighted by molar-refractivity contribution is 5.79. The molecular formula is C16H27N3O. The number of aliphatic hydroxyl groups excluding tert-OH is 1. The minimum absolute atomic E-state index is 0.239. The van der Waals surface area contributed by atoms with Gasteiger partial charge in [-0.05, 0) is 32.8 Å². The normalized spacial score (nSPS) is 13.4. The molecule has 1 aromatic carbocycles. The van der Waals surface area contributed by atoms with Crippen LogP contribution in [-0.4, -0.2) is 36.8 Å². The summed E-state index contributed by atoms with van der Waals surface area (Å²) < 4.78 is 0. The lowest BCUT2D eigenvalue weighted by Crippen LogP contribution is -2.37. The molecule has 112 valence electrons. The van der Waals surface area contributed by atoms with E-state index in [2.05, 4.69) is 41.6 Å². The van der Waals surface area contributed by atoms with E-state index in [1.54, 1.807) is 0 Å². The molecule has 0 heterocycles. The second-order valence-corrected chi connectivity index (χ2v) is 4.94. The fraction of sp³-hybridized carbons (Fsp3) is 0.562. The summed E-state index contributed by atoms with van der Waals surface area (Å²) in [5, 5.41) is 16.1. The van der Waals surface area contributed by atoms with E-state index in [0.717, 1.165) is 25.5 Å². The maximum absolute atomic E-state index is 9.68. The van der Waals surface area contributed by atoms with E-state index in [1.165, 1.54) is 5.56 Å². The summed E-state index contributed by atoms with van der Waals surface area (Å²) in [5.74, 6) is 1.07. The van der Waals surface area contributed by atoms with Crippen molar-refractivity contribution in [3.8, 4) is 0 Å². The quantitative estimate of drug-likeness (QED) is 0.528. The highest BCUT2D eigenvalue weighted by Crippen LogP contribution is 2.21. The Labute approximate surface area is 122 Å². The van der Waals surface area contributed by atoms with Gasteiger partial charge in [0.1, 0.15) is 0 Å². The van der Waals surface area contributed by atoms with E-state index in [1.807, 2.05) is 25.1 Å². The molecule has 2 atom stereocenters. The molecule has 0 saturated carbocycles. The first kappa shape index (κ1) is 16.5. The Bertz CT molecular complexity index is 382. The average Bonchev–Trinajstić information content (AvgIpc) is 2.44. The van der Waals surface area contributed by atoms with E-state index in [-0.39, 0.29) is 12.0 Å². The van der Waals surface area contributed by atoms with Crippen LogP contribution in [0.15, 0.2) is 35.3 Å². The van der Waals surface area contributed by atoms with Crippen LogP contribution >= 0.6 is 0 Å². The molecule has 0 radical (unpaired) electrons. The third-order valence-electron chi connectivity index (χ3n) is 3.05. The molecule has 0 bridgehead atoms. The minimum atomic E-state index is -0.322. The highest BCUT2D eigenvalue weighted by Gasteiger charge is 2.14. The molecular weight excluding hydrogens is 250 g/mol. The number of aliphatic imine (C=N–C) groups is 1. The van der Waals surface area contributed by atoms with Crippen LogP contribution in [0.1, 0.15) is 38.7 Å². The lowest BCUT2D eigenvalue weighted by atomic mass is 9.93. The van der Waals surface area contributed by atoms with E-state index in [9.17, 15) is 5.11 Å². The summed E-state index contributed by atoms with van der Waals surface area (Å²) in [6.45, 7) is 8.30. The lowest BCUT2D eigenvalue weighted by molar-refractivity contribution is 0.175. The van der Waals surface area contributed by atoms with Gasteiger partial charge in [0.25, 0.3) is 0 Å². The molecule has 2 unspecified atom stereocenters.